The molecule has 0 aliphatic heterocycles. The second-order valence-electron chi connectivity index (χ2n) is 6.73. The maximum Gasteiger partial charge on any atom is 0.271 e. The summed E-state index contributed by atoms with van der Waals surface area (Å²) in [4.78, 5) is 23.0. The first-order valence-electron chi connectivity index (χ1n) is 9.63. The van der Waals surface area contributed by atoms with E-state index in [4.69, 9.17) is 21.1 Å². The summed E-state index contributed by atoms with van der Waals surface area (Å²) in [7, 11) is 1.51. The number of nitro benzene ring substituents is 1. The fourth-order valence-electron chi connectivity index (χ4n) is 2.86. The summed E-state index contributed by atoms with van der Waals surface area (Å²) in [6, 6.07) is 20.0. The lowest BCUT2D eigenvalue weighted by molar-refractivity contribution is -0.384. The van der Waals surface area contributed by atoms with E-state index in [2.05, 4.69) is 5.32 Å². The lowest BCUT2D eigenvalue weighted by Crippen LogP contribution is -2.14. The normalized spacial score (nSPS) is 10.8. The average molecular weight is 464 g/mol. The Labute approximate surface area is 194 Å². The van der Waals surface area contributed by atoms with Crippen LogP contribution < -0.4 is 14.8 Å². The summed E-state index contributed by atoms with van der Waals surface area (Å²) in [6.45, 7) is 0.307. The van der Waals surface area contributed by atoms with Gasteiger partial charge >= 0.3 is 0 Å². The van der Waals surface area contributed by atoms with Crippen molar-refractivity contribution in [3.8, 4) is 17.6 Å². The van der Waals surface area contributed by atoms with Crippen LogP contribution >= 0.6 is 11.6 Å². The van der Waals surface area contributed by atoms with Gasteiger partial charge in [0, 0.05) is 12.1 Å². The minimum atomic E-state index is -0.762. The molecular formula is C24H18ClN3O5. The number of nitriles is 1. The number of anilines is 1. The third-order valence-electron chi connectivity index (χ3n) is 4.51. The molecule has 166 valence electrons. The van der Waals surface area contributed by atoms with Gasteiger partial charge < -0.3 is 14.8 Å². The number of nitrogens with one attached hydrogen (secondary N) is 1. The highest BCUT2D eigenvalue weighted by molar-refractivity contribution is 6.34. The maximum absolute atomic E-state index is 12.6. The molecule has 33 heavy (non-hydrogen) atoms. The fraction of sp³-hybridized carbons (Fsp3) is 0.0833. The van der Waals surface area contributed by atoms with Crippen molar-refractivity contribution in [1.82, 2.24) is 0 Å². The standard InChI is InChI=1S/C24H18ClN3O5/c1-32-22-10-7-17(12-23(22)33-15-16-5-3-2-4-6-16)11-18(14-26)24(29)27-21-13-19(28(30)31)8-9-20(21)25/h2-13H,15H2,1H3,(H,27,29)/b18-11+. The third-order valence-corrected chi connectivity index (χ3v) is 4.84. The predicted octanol–water partition coefficient (Wildman–Crippen LogP) is 5.38. The molecule has 0 aliphatic rings. The molecule has 0 unspecified atom stereocenters. The Kier molecular flexibility index (Phi) is 7.63. The van der Waals surface area contributed by atoms with Crippen molar-refractivity contribution < 1.29 is 19.2 Å². The second-order valence-corrected chi connectivity index (χ2v) is 7.14. The van der Waals surface area contributed by atoms with Gasteiger partial charge in [-0.15, -0.1) is 0 Å². The zero-order chi connectivity index (χ0) is 23.8. The molecule has 3 rings (SSSR count). The van der Waals surface area contributed by atoms with Gasteiger partial charge in [0.1, 0.15) is 18.2 Å². The molecule has 0 aliphatic carbocycles. The van der Waals surface area contributed by atoms with Crippen LogP contribution in [0, 0.1) is 21.4 Å². The highest BCUT2D eigenvalue weighted by Crippen LogP contribution is 2.30. The number of rotatable bonds is 8. The summed E-state index contributed by atoms with van der Waals surface area (Å²) in [6.07, 6.45) is 1.37. The SMILES string of the molecule is COc1ccc(/C=C(\C#N)C(=O)Nc2cc([N+](=O)[O-])ccc2Cl)cc1OCc1ccccc1. The van der Waals surface area contributed by atoms with E-state index in [1.807, 2.05) is 36.4 Å². The Bertz CT molecular complexity index is 1250. The van der Waals surface area contributed by atoms with Crippen molar-refractivity contribution in [3.63, 3.8) is 0 Å². The van der Waals surface area contributed by atoms with Gasteiger partial charge in [0.05, 0.1) is 22.7 Å². The molecule has 0 saturated heterocycles. The van der Waals surface area contributed by atoms with Gasteiger partial charge in [-0.25, -0.2) is 0 Å². The van der Waals surface area contributed by atoms with Crippen LogP contribution in [0.5, 0.6) is 11.5 Å². The number of carbonyl (C=O) groups excluding carboxylic acids is 1. The number of ether oxygens (including phenoxy) is 2. The van der Waals surface area contributed by atoms with E-state index >= 15 is 0 Å². The van der Waals surface area contributed by atoms with Gasteiger partial charge in [-0.1, -0.05) is 48.0 Å². The van der Waals surface area contributed by atoms with Crippen LogP contribution in [-0.4, -0.2) is 17.9 Å². The Morgan fingerprint density at radius 3 is 2.58 bits per heavy atom. The molecule has 0 atom stereocenters. The van der Waals surface area contributed by atoms with Gasteiger partial charge in [-0.2, -0.15) is 5.26 Å². The minimum absolute atomic E-state index is 0.0265. The van der Waals surface area contributed by atoms with E-state index in [0.29, 0.717) is 23.7 Å². The van der Waals surface area contributed by atoms with E-state index < -0.39 is 10.8 Å². The average Bonchev–Trinajstić information content (AvgIpc) is 2.83. The van der Waals surface area contributed by atoms with Crippen molar-refractivity contribution in [2.24, 2.45) is 0 Å². The Morgan fingerprint density at radius 1 is 1.15 bits per heavy atom. The van der Waals surface area contributed by atoms with Crippen molar-refractivity contribution in [2.75, 3.05) is 12.4 Å². The van der Waals surface area contributed by atoms with E-state index in [-0.39, 0.29) is 22.0 Å². The van der Waals surface area contributed by atoms with E-state index in [1.165, 1.54) is 25.3 Å². The van der Waals surface area contributed by atoms with E-state index in [0.717, 1.165) is 11.6 Å². The molecule has 9 heteroatoms. The zero-order valence-corrected chi connectivity index (χ0v) is 18.2. The lowest BCUT2D eigenvalue weighted by atomic mass is 10.1. The maximum atomic E-state index is 12.6. The molecule has 8 nitrogen and oxygen atoms in total. The highest BCUT2D eigenvalue weighted by atomic mass is 35.5. The molecule has 0 fully saturated rings. The molecular weight excluding hydrogens is 446 g/mol. The van der Waals surface area contributed by atoms with E-state index in [9.17, 15) is 20.2 Å². The number of halogens is 1. The van der Waals surface area contributed by atoms with Crippen LogP contribution in [0.1, 0.15) is 11.1 Å². The Balaban J connectivity index is 1.83. The lowest BCUT2D eigenvalue weighted by Gasteiger charge is -2.12. The van der Waals surface area contributed by atoms with Crippen molar-refractivity contribution in [3.05, 3.63) is 98.6 Å². The second kappa shape index (κ2) is 10.8. The summed E-state index contributed by atoms with van der Waals surface area (Å²) in [5.74, 6) is 0.173. The summed E-state index contributed by atoms with van der Waals surface area (Å²) >= 11 is 6.02. The molecule has 0 bridgehead atoms. The number of non-ortho nitro benzene ring substituents is 1. The number of benzene rings is 3. The van der Waals surface area contributed by atoms with Crippen molar-refractivity contribution >= 4 is 35.0 Å². The van der Waals surface area contributed by atoms with Gasteiger partial charge in [0.15, 0.2) is 11.5 Å². The van der Waals surface area contributed by atoms with Crippen molar-refractivity contribution in [2.45, 2.75) is 6.61 Å². The van der Waals surface area contributed by atoms with Gasteiger partial charge in [-0.05, 0) is 35.4 Å². The van der Waals surface area contributed by atoms with Gasteiger partial charge in [0.2, 0.25) is 0 Å². The van der Waals surface area contributed by atoms with Crippen LogP contribution in [0.25, 0.3) is 6.08 Å². The first-order chi connectivity index (χ1) is 15.9. The zero-order valence-electron chi connectivity index (χ0n) is 17.4. The number of methoxy groups -OCH3 is 1. The largest absolute Gasteiger partial charge is 0.493 e. The first kappa shape index (κ1) is 23.3. The molecule has 0 saturated carbocycles. The summed E-state index contributed by atoms with van der Waals surface area (Å²) < 4.78 is 11.2. The van der Waals surface area contributed by atoms with Gasteiger partial charge in [-0.3, -0.25) is 14.9 Å². The molecule has 1 amide bonds. The third kappa shape index (κ3) is 6.09. The Hall–Kier alpha value is -4.35. The van der Waals surface area contributed by atoms with Crippen LogP contribution in [0.3, 0.4) is 0 Å². The molecule has 0 aromatic heterocycles. The molecule has 0 heterocycles. The quantitative estimate of drug-likeness (QED) is 0.207. The van der Waals surface area contributed by atoms with Gasteiger partial charge in [0.25, 0.3) is 11.6 Å². The smallest absolute Gasteiger partial charge is 0.271 e. The number of nitro groups is 1. The minimum Gasteiger partial charge on any atom is -0.493 e. The summed E-state index contributed by atoms with van der Waals surface area (Å²) in [5, 5.41) is 23.0. The molecule has 0 radical (unpaired) electrons. The van der Waals surface area contributed by atoms with Crippen LogP contribution in [-0.2, 0) is 11.4 Å². The predicted molar refractivity (Wildman–Crippen MR) is 124 cm³/mol. The van der Waals surface area contributed by atoms with E-state index in [1.54, 1.807) is 18.2 Å². The monoisotopic (exact) mass is 463 g/mol. The first-order valence-corrected chi connectivity index (χ1v) is 10.0. The molecule has 3 aromatic carbocycles. The fourth-order valence-corrected chi connectivity index (χ4v) is 3.02. The number of carbonyl (C=O) groups is 1. The number of hydrogen-bond donors (Lipinski definition) is 1. The van der Waals surface area contributed by atoms with Crippen LogP contribution in [0.4, 0.5) is 11.4 Å². The Morgan fingerprint density at radius 2 is 1.91 bits per heavy atom. The molecule has 0 spiro atoms. The number of amides is 1. The number of hydrogen-bond acceptors (Lipinski definition) is 6. The summed E-state index contributed by atoms with van der Waals surface area (Å²) in [5.41, 5.74) is 1.05. The van der Waals surface area contributed by atoms with Crippen LogP contribution in [0.15, 0.2) is 72.3 Å². The number of nitrogens with zero attached hydrogens (tertiary/aromatic N) is 2. The highest BCUT2D eigenvalue weighted by Gasteiger charge is 2.15. The van der Waals surface area contributed by atoms with Crippen LogP contribution in [0.2, 0.25) is 5.02 Å². The topological polar surface area (TPSA) is 114 Å². The van der Waals surface area contributed by atoms with Crippen molar-refractivity contribution in [1.29, 1.82) is 5.26 Å². The molecule has 3 aromatic rings. The molecule has 1 N–H and O–H groups in total.